The standard InChI is InChI=1S/C18H17N5/c1-3-13-8-4-5-9-14(13)19-17-18-22-21-12(2)23(18)16-11-7-6-10-15(16)20-17/h4-11H,3H2,1-2H3,(H,19,20). The Bertz CT molecular complexity index is 1000. The largest absolute Gasteiger partial charge is 0.337 e. The van der Waals surface area contributed by atoms with Crippen molar-refractivity contribution in [3.05, 3.63) is 59.9 Å². The highest BCUT2D eigenvalue weighted by Crippen LogP contribution is 2.26. The third-order valence-corrected chi connectivity index (χ3v) is 4.04. The maximum atomic E-state index is 4.75. The van der Waals surface area contributed by atoms with Crippen molar-refractivity contribution < 1.29 is 0 Å². The Hall–Kier alpha value is -2.95. The van der Waals surface area contributed by atoms with Gasteiger partial charge in [-0.3, -0.25) is 4.40 Å². The average molecular weight is 303 g/mol. The summed E-state index contributed by atoms with van der Waals surface area (Å²) in [5.41, 5.74) is 4.97. The molecule has 2 heterocycles. The number of aryl methyl sites for hydroxylation is 2. The van der Waals surface area contributed by atoms with Crippen molar-refractivity contribution in [2.75, 3.05) is 5.32 Å². The molecular formula is C18H17N5. The monoisotopic (exact) mass is 303 g/mol. The van der Waals surface area contributed by atoms with E-state index in [0.717, 1.165) is 40.4 Å². The highest BCUT2D eigenvalue weighted by molar-refractivity contribution is 5.84. The van der Waals surface area contributed by atoms with Crippen molar-refractivity contribution in [2.45, 2.75) is 20.3 Å². The molecule has 0 aliphatic carbocycles. The van der Waals surface area contributed by atoms with Crippen LogP contribution in [0, 0.1) is 6.92 Å². The number of rotatable bonds is 3. The van der Waals surface area contributed by atoms with Crippen LogP contribution in [0.5, 0.6) is 0 Å². The Balaban J connectivity index is 1.95. The van der Waals surface area contributed by atoms with Crippen LogP contribution in [0.2, 0.25) is 0 Å². The minimum absolute atomic E-state index is 0.727. The Morgan fingerprint density at radius 1 is 1.00 bits per heavy atom. The summed E-state index contributed by atoms with van der Waals surface area (Å²) in [7, 11) is 0. The zero-order valence-corrected chi connectivity index (χ0v) is 13.1. The van der Waals surface area contributed by atoms with E-state index in [1.165, 1.54) is 5.56 Å². The van der Waals surface area contributed by atoms with Crippen molar-refractivity contribution in [3.8, 4) is 0 Å². The SMILES string of the molecule is CCc1ccccc1Nc1nc2ccccc2n2c(C)nnc12. The molecule has 0 aliphatic rings. The third kappa shape index (κ3) is 2.21. The van der Waals surface area contributed by atoms with E-state index in [-0.39, 0.29) is 0 Å². The predicted octanol–water partition coefficient (Wildman–Crippen LogP) is 3.89. The molecule has 2 aromatic carbocycles. The summed E-state index contributed by atoms with van der Waals surface area (Å²) in [5.74, 6) is 1.58. The van der Waals surface area contributed by atoms with Crippen molar-refractivity contribution in [2.24, 2.45) is 0 Å². The van der Waals surface area contributed by atoms with Crippen LogP contribution in [0.25, 0.3) is 16.7 Å². The van der Waals surface area contributed by atoms with Gasteiger partial charge in [0.2, 0.25) is 5.65 Å². The Morgan fingerprint density at radius 2 is 1.78 bits per heavy atom. The zero-order chi connectivity index (χ0) is 15.8. The summed E-state index contributed by atoms with van der Waals surface area (Å²) in [5, 5.41) is 12.0. The minimum Gasteiger partial charge on any atom is -0.337 e. The van der Waals surface area contributed by atoms with E-state index >= 15 is 0 Å². The highest BCUT2D eigenvalue weighted by Gasteiger charge is 2.13. The smallest absolute Gasteiger partial charge is 0.204 e. The van der Waals surface area contributed by atoms with Crippen LogP contribution < -0.4 is 5.32 Å². The summed E-state index contributed by atoms with van der Waals surface area (Å²) in [4.78, 5) is 4.75. The first-order chi connectivity index (χ1) is 11.3. The van der Waals surface area contributed by atoms with Crippen molar-refractivity contribution >= 4 is 28.2 Å². The molecular weight excluding hydrogens is 286 g/mol. The first-order valence-corrected chi connectivity index (χ1v) is 7.73. The second-order valence-electron chi connectivity index (χ2n) is 5.49. The fourth-order valence-electron chi connectivity index (χ4n) is 2.88. The van der Waals surface area contributed by atoms with Gasteiger partial charge in [0.05, 0.1) is 11.0 Å². The second-order valence-corrected chi connectivity index (χ2v) is 5.49. The third-order valence-electron chi connectivity index (χ3n) is 4.04. The van der Waals surface area contributed by atoms with E-state index in [4.69, 9.17) is 4.98 Å². The average Bonchev–Trinajstić information content (AvgIpc) is 2.98. The molecule has 2 aromatic heterocycles. The van der Waals surface area contributed by atoms with E-state index in [9.17, 15) is 0 Å². The van der Waals surface area contributed by atoms with Gasteiger partial charge in [-0.05, 0) is 37.1 Å². The Kier molecular flexibility index (Phi) is 3.19. The van der Waals surface area contributed by atoms with Crippen molar-refractivity contribution in [1.29, 1.82) is 0 Å². The lowest BCUT2D eigenvalue weighted by atomic mass is 10.1. The molecule has 0 saturated carbocycles. The van der Waals surface area contributed by atoms with Crippen LogP contribution in [-0.4, -0.2) is 19.6 Å². The van der Waals surface area contributed by atoms with Gasteiger partial charge in [-0.15, -0.1) is 10.2 Å². The fourth-order valence-corrected chi connectivity index (χ4v) is 2.88. The van der Waals surface area contributed by atoms with E-state index < -0.39 is 0 Å². The van der Waals surface area contributed by atoms with E-state index in [2.05, 4.69) is 40.6 Å². The van der Waals surface area contributed by atoms with Crippen molar-refractivity contribution in [1.82, 2.24) is 19.6 Å². The van der Waals surface area contributed by atoms with Gasteiger partial charge in [0.25, 0.3) is 0 Å². The molecule has 0 amide bonds. The van der Waals surface area contributed by atoms with Gasteiger partial charge in [-0.2, -0.15) is 0 Å². The minimum atomic E-state index is 0.727. The Morgan fingerprint density at radius 3 is 2.65 bits per heavy atom. The number of anilines is 2. The topological polar surface area (TPSA) is 55.1 Å². The molecule has 0 aliphatic heterocycles. The quantitative estimate of drug-likeness (QED) is 0.624. The molecule has 5 nitrogen and oxygen atoms in total. The van der Waals surface area contributed by atoms with E-state index in [1.54, 1.807) is 0 Å². The lowest BCUT2D eigenvalue weighted by molar-refractivity contribution is 1.02. The highest BCUT2D eigenvalue weighted by atomic mass is 15.3. The molecule has 5 heteroatoms. The predicted molar refractivity (Wildman–Crippen MR) is 92.1 cm³/mol. The molecule has 23 heavy (non-hydrogen) atoms. The summed E-state index contributed by atoms with van der Waals surface area (Å²) in [6.45, 7) is 4.10. The molecule has 4 rings (SSSR count). The number of aromatic nitrogens is 4. The number of nitrogens with zero attached hydrogens (tertiary/aromatic N) is 4. The molecule has 4 aromatic rings. The van der Waals surface area contributed by atoms with Gasteiger partial charge >= 0.3 is 0 Å². The van der Waals surface area contributed by atoms with Gasteiger partial charge in [-0.25, -0.2) is 4.98 Å². The summed E-state index contributed by atoms with van der Waals surface area (Å²) < 4.78 is 2.04. The van der Waals surface area contributed by atoms with E-state index in [1.807, 2.05) is 41.7 Å². The number of fused-ring (bicyclic) bond motifs is 3. The van der Waals surface area contributed by atoms with E-state index in [0.29, 0.717) is 0 Å². The summed E-state index contributed by atoms with van der Waals surface area (Å²) >= 11 is 0. The van der Waals surface area contributed by atoms with Crippen LogP contribution >= 0.6 is 0 Å². The number of hydrogen-bond donors (Lipinski definition) is 1. The molecule has 0 radical (unpaired) electrons. The molecule has 114 valence electrons. The molecule has 0 spiro atoms. The number of hydrogen-bond acceptors (Lipinski definition) is 4. The molecule has 0 bridgehead atoms. The normalized spacial score (nSPS) is 11.2. The molecule has 0 unspecified atom stereocenters. The second kappa shape index (κ2) is 5.35. The maximum Gasteiger partial charge on any atom is 0.204 e. The lowest BCUT2D eigenvalue weighted by Gasteiger charge is -2.12. The Labute approximate surface area is 134 Å². The maximum absolute atomic E-state index is 4.75. The summed E-state index contributed by atoms with van der Waals surface area (Å²) in [6, 6.07) is 16.3. The molecule has 0 fully saturated rings. The first-order valence-electron chi connectivity index (χ1n) is 7.73. The molecule has 0 atom stereocenters. The van der Waals surface area contributed by atoms with Gasteiger partial charge in [0, 0.05) is 5.69 Å². The fraction of sp³-hybridized carbons (Fsp3) is 0.167. The van der Waals surface area contributed by atoms with Gasteiger partial charge in [-0.1, -0.05) is 37.3 Å². The van der Waals surface area contributed by atoms with Crippen LogP contribution in [-0.2, 0) is 6.42 Å². The van der Waals surface area contributed by atoms with Gasteiger partial charge < -0.3 is 5.32 Å². The van der Waals surface area contributed by atoms with Crippen LogP contribution in [0.15, 0.2) is 48.5 Å². The molecule has 1 N–H and O–H groups in total. The van der Waals surface area contributed by atoms with Gasteiger partial charge in [0.15, 0.2) is 5.82 Å². The molecule has 0 saturated heterocycles. The summed E-state index contributed by atoms with van der Waals surface area (Å²) in [6.07, 6.45) is 0.957. The van der Waals surface area contributed by atoms with Crippen molar-refractivity contribution in [3.63, 3.8) is 0 Å². The number of benzene rings is 2. The van der Waals surface area contributed by atoms with Crippen LogP contribution in [0.3, 0.4) is 0 Å². The number of para-hydroxylation sites is 3. The van der Waals surface area contributed by atoms with Gasteiger partial charge in [0.1, 0.15) is 5.82 Å². The first kappa shape index (κ1) is 13.7. The van der Waals surface area contributed by atoms with Crippen LogP contribution in [0.4, 0.5) is 11.5 Å². The number of nitrogens with one attached hydrogen (secondary N) is 1. The van der Waals surface area contributed by atoms with Crippen LogP contribution in [0.1, 0.15) is 18.3 Å². The lowest BCUT2D eigenvalue weighted by Crippen LogP contribution is -2.02. The zero-order valence-electron chi connectivity index (χ0n) is 13.1.